The number of hydrogen-bond acceptors (Lipinski definition) is 7. The Labute approximate surface area is 186 Å². The number of hydrogen-bond donors (Lipinski definition) is 2. The van der Waals surface area contributed by atoms with Crippen molar-refractivity contribution >= 4 is 39.9 Å². The van der Waals surface area contributed by atoms with Gasteiger partial charge in [-0.05, 0) is 68.9 Å². The standard InChI is InChI=1S/C23H28N2O5S/c1-4-29-22(27)15-7-9-16(10-8-15)24-13-19(26)25-21-20(23(28)30-5-2)17-11-6-14(3)12-18(17)31-21/h7-10,14,24H,4-6,11-13H2,1-3H3,(H,25,26). The van der Waals surface area contributed by atoms with E-state index >= 15 is 0 Å². The summed E-state index contributed by atoms with van der Waals surface area (Å²) in [6.45, 7) is 6.36. The lowest BCUT2D eigenvalue weighted by Gasteiger charge is -2.18. The van der Waals surface area contributed by atoms with Crippen molar-refractivity contribution in [1.29, 1.82) is 0 Å². The van der Waals surface area contributed by atoms with E-state index in [-0.39, 0.29) is 31.0 Å². The molecule has 1 amide bonds. The van der Waals surface area contributed by atoms with E-state index in [2.05, 4.69) is 17.6 Å². The quantitative estimate of drug-likeness (QED) is 0.591. The SMILES string of the molecule is CCOC(=O)c1ccc(NCC(=O)Nc2sc3c(c2C(=O)OCC)CCC(C)C3)cc1. The van der Waals surface area contributed by atoms with E-state index in [1.807, 2.05) is 0 Å². The topological polar surface area (TPSA) is 93.7 Å². The first-order valence-electron chi connectivity index (χ1n) is 10.5. The molecule has 0 radical (unpaired) electrons. The molecule has 1 unspecified atom stereocenters. The third-order valence-corrected chi connectivity index (χ3v) is 6.26. The molecule has 0 aliphatic heterocycles. The van der Waals surface area contributed by atoms with Crippen LogP contribution in [0.4, 0.5) is 10.7 Å². The fourth-order valence-corrected chi connectivity index (χ4v) is 4.96. The number of carbonyl (C=O) groups excluding carboxylic acids is 3. The normalized spacial score (nSPS) is 15.0. The third kappa shape index (κ3) is 5.64. The van der Waals surface area contributed by atoms with E-state index in [1.54, 1.807) is 38.1 Å². The molecule has 0 saturated carbocycles. The lowest BCUT2D eigenvalue weighted by atomic mass is 9.88. The van der Waals surface area contributed by atoms with E-state index < -0.39 is 0 Å². The van der Waals surface area contributed by atoms with Crippen molar-refractivity contribution in [2.75, 3.05) is 30.4 Å². The van der Waals surface area contributed by atoms with Gasteiger partial charge in [-0.15, -0.1) is 11.3 Å². The van der Waals surface area contributed by atoms with Crippen LogP contribution in [0.15, 0.2) is 24.3 Å². The van der Waals surface area contributed by atoms with Crippen molar-refractivity contribution in [1.82, 2.24) is 0 Å². The van der Waals surface area contributed by atoms with Crippen LogP contribution in [0, 0.1) is 5.92 Å². The molecule has 1 heterocycles. The molecule has 0 spiro atoms. The van der Waals surface area contributed by atoms with Gasteiger partial charge >= 0.3 is 11.9 Å². The minimum atomic E-state index is -0.382. The molecule has 3 rings (SSSR count). The van der Waals surface area contributed by atoms with Crippen molar-refractivity contribution in [2.24, 2.45) is 5.92 Å². The highest BCUT2D eigenvalue weighted by Gasteiger charge is 2.29. The molecule has 1 aliphatic carbocycles. The van der Waals surface area contributed by atoms with Gasteiger partial charge in [-0.1, -0.05) is 6.92 Å². The zero-order valence-corrected chi connectivity index (χ0v) is 18.9. The number of carbonyl (C=O) groups is 3. The number of thiophene rings is 1. The van der Waals surface area contributed by atoms with Gasteiger partial charge in [0, 0.05) is 10.6 Å². The molecule has 8 heteroatoms. The van der Waals surface area contributed by atoms with E-state index in [0.29, 0.717) is 34.3 Å². The van der Waals surface area contributed by atoms with Crippen LogP contribution in [0.5, 0.6) is 0 Å². The lowest BCUT2D eigenvalue weighted by molar-refractivity contribution is -0.114. The first-order chi connectivity index (χ1) is 14.9. The first-order valence-corrected chi connectivity index (χ1v) is 11.4. The van der Waals surface area contributed by atoms with Crippen LogP contribution in [-0.4, -0.2) is 37.6 Å². The Morgan fingerprint density at radius 3 is 2.42 bits per heavy atom. The third-order valence-electron chi connectivity index (χ3n) is 5.09. The predicted molar refractivity (Wildman–Crippen MR) is 121 cm³/mol. The lowest BCUT2D eigenvalue weighted by Crippen LogP contribution is -2.22. The van der Waals surface area contributed by atoms with E-state index in [1.165, 1.54) is 11.3 Å². The largest absolute Gasteiger partial charge is 0.462 e. The number of ether oxygens (including phenoxy) is 2. The van der Waals surface area contributed by atoms with Crippen molar-refractivity contribution < 1.29 is 23.9 Å². The Kier molecular flexibility index (Phi) is 7.68. The van der Waals surface area contributed by atoms with Crippen LogP contribution >= 0.6 is 11.3 Å². The Hall–Kier alpha value is -2.87. The Balaban J connectivity index is 1.66. The highest BCUT2D eigenvalue weighted by molar-refractivity contribution is 7.17. The Morgan fingerprint density at radius 1 is 1.06 bits per heavy atom. The average Bonchev–Trinajstić information content (AvgIpc) is 3.09. The first kappa shape index (κ1) is 22.8. The van der Waals surface area contributed by atoms with Crippen molar-refractivity contribution in [3.8, 4) is 0 Å². The zero-order chi connectivity index (χ0) is 22.4. The van der Waals surface area contributed by atoms with Crippen LogP contribution in [0.3, 0.4) is 0 Å². The maximum absolute atomic E-state index is 12.6. The van der Waals surface area contributed by atoms with Gasteiger partial charge in [0.15, 0.2) is 0 Å². The van der Waals surface area contributed by atoms with Gasteiger partial charge in [0.25, 0.3) is 0 Å². The van der Waals surface area contributed by atoms with Gasteiger partial charge in [0.1, 0.15) is 5.00 Å². The molecule has 0 saturated heterocycles. The molecule has 1 aliphatic rings. The number of rotatable bonds is 8. The van der Waals surface area contributed by atoms with E-state index in [4.69, 9.17) is 9.47 Å². The van der Waals surface area contributed by atoms with Crippen molar-refractivity contribution in [2.45, 2.75) is 40.0 Å². The molecule has 1 aromatic heterocycles. The fourth-order valence-electron chi connectivity index (χ4n) is 3.55. The monoisotopic (exact) mass is 444 g/mol. The molecule has 7 nitrogen and oxygen atoms in total. The van der Waals surface area contributed by atoms with E-state index in [0.717, 1.165) is 29.7 Å². The van der Waals surface area contributed by atoms with Gasteiger partial charge in [-0.2, -0.15) is 0 Å². The maximum atomic E-state index is 12.6. The van der Waals surface area contributed by atoms with Crippen LogP contribution in [0.25, 0.3) is 0 Å². The molecule has 1 aromatic carbocycles. The summed E-state index contributed by atoms with van der Waals surface area (Å²) in [4.78, 5) is 38.0. The summed E-state index contributed by atoms with van der Waals surface area (Å²) < 4.78 is 10.2. The number of fused-ring (bicyclic) bond motifs is 1. The maximum Gasteiger partial charge on any atom is 0.341 e. The number of nitrogens with one attached hydrogen (secondary N) is 2. The second-order valence-corrected chi connectivity index (χ2v) is 8.58. The van der Waals surface area contributed by atoms with Crippen LogP contribution in [-0.2, 0) is 27.1 Å². The summed E-state index contributed by atoms with van der Waals surface area (Å²) in [6.07, 6.45) is 2.75. The molecular formula is C23H28N2O5S. The van der Waals surface area contributed by atoms with Crippen LogP contribution < -0.4 is 10.6 Å². The summed E-state index contributed by atoms with van der Waals surface area (Å²) in [7, 11) is 0. The number of amides is 1. The van der Waals surface area contributed by atoms with Gasteiger partial charge in [0.2, 0.25) is 5.91 Å². The molecule has 31 heavy (non-hydrogen) atoms. The summed E-state index contributed by atoms with van der Waals surface area (Å²) in [5.74, 6) is -0.461. The number of anilines is 2. The molecule has 2 aromatic rings. The van der Waals surface area contributed by atoms with Gasteiger partial charge in [-0.25, -0.2) is 9.59 Å². The van der Waals surface area contributed by atoms with E-state index in [9.17, 15) is 14.4 Å². The Morgan fingerprint density at radius 2 is 1.74 bits per heavy atom. The highest BCUT2D eigenvalue weighted by atomic mass is 32.1. The average molecular weight is 445 g/mol. The molecule has 2 N–H and O–H groups in total. The summed E-state index contributed by atoms with van der Waals surface area (Å²) in [5.41, 5.74) is 2.67. The van der Waals surface area contributed by atoms with Crippen molar-refractivity contribution in [3.05, 3.63) is 45.8 Å². The second-order valence-electron chi connectivity index (χ2n) is 7.48. The van der Waals surface area contributed by atoms with Crippen LogP contribution in [0.2, 0.25) is 0 Å². The molecule has 1 atom stereocenters. The van der Waals surface area contributed by atoms with Gasteiger partial charge in [-0.3, -0.25) is 4.79 Å². The molecule has 166 valence electrons. The minimum absolute atomic E-state index is 0.0278. The number of benzene rings is 1. The fraction of sp³-hybridized carbons (Fsp3) is 0.435. The molecule has 0 fully saturated rings. The minimum Gasteiger partial charge on any atom is -0.462 e. The van der Waals surface area contributed by atoms with Crippen LogP contribution in [0.1, 0.15) is 58.3 Å². The summed E-state index contributed by atoms with van der Waals surface area (Å²) in [5, 5.41) is 6.47. The summed E-state index contributed by atoms with van der Waals surface area (Å²) >= 11 is 1.47. The zero-order valence-electron chi connectivity index (χ0n) is 18.1. The molecule has 0 bridgehead atoms. The van der Waals surface area contributed by atoms with Crippen molar-refractivity contribution in [3.63, 3.8) is 0 Å². The van der Waals surface area contributed by atoms with Gasteiger partial charge < -0.3 is 20.1 Å². The van der Waals surface area contributed by atoms with Gasteiger partial charge in [0.05, 0.1) is 30.9 Å². The second kappa shape index (κ2) is 10.4. The summed E-state index contributed by atoms with van der Waals surface area (Å²) in [6, 6.07) is 6.72. The highest BCUT2D eigenvalue weighted by Crippen LogP contribution is 2.40. The molecular weight excluding hydrogens is 416 g/mol. The predicted octanol–water partition coefficient (Wildman–Crippen LogP) is 4.28. The smallest absolute Gasteiger partial charge is 0.341 e. The number of esters is 2. The Bertz CT molecular complexity index is 952.